The Labute approximate surface area is 160 Å². The molecule has 5 nitrogen and oxygen atoms in total. The van der Waals surface area contributed by atoms with Gasteiger partial charge in [-0.25, -0.2) is 4.79 Å². The van der Waals surface area contributed by atoms with Crippen molar-refractivity contribution in [1.82, 2.24) is 14.7 Å². The van der Waals surface area contributed by atoms with E-state index in [1.54, 1.807) is 0 Å². The van der Waals surface area contributed by atoms with Crippen molar-refractivity contribution in [2.45, 2.75) is 37.3 Å². The number of benzene rings is 1. The van der Waals surface area contributed by atoms with Crippen LogP contribution >= 0.6 is 12.4 Å². The lowest BCUT2D eigenvalue weighted by atomic mass is 9.76. The number of rotatable bonds is 0. The summed E-state index contributed by atoms with van der Waals surface area (Å²) in [4.78, 5) is 19.0. The zero-order chi connectivity index (χ0) is 17.2. The number of carbonyl (C=O) groups excluding carboxylic acids is 1. The van der Waals surface area contributed by atoms with Gasteiger partial charge in [-0.15, -0.1) is 12.4 Å². The van der Waals surface area contributed by atoms with Crippen LogP contribution in [-0.4, -0.2) is 60.0 Å². The maximum absolute atomic E-state index is 12.6. The van der Waals surface area contributed by atoms with Gasteiger partial charge in [0.15, 0.2) is 0 Å². The molecule has 2 unspecified atom stereocenters. The number of nitrogens with zero attached hydrogens (tertiary/aromatic N) is 3. The summed E-state index contributed by atoms with van der Waals surface area (Å²) in [7, 11) is 3.88. The van der Waals surface area contributed by atoms with Crippen LogP contribution in [0.15, 0.2) is 28.7 Å². The monoisotopic (exact) mass is 375 g/mol. The number of halogens is 1. The Bertz CT molecular complexity index is 851. The second-order valence-electron chi connectivity index (χ2n) is 7.93. The normalized spacial score (nSPS) is 28.8. The molecule has 2 amide bonds. The Kier molecular flexibility index (Phi) is 4.20. The van der Waals surface area contributed by atoms with Crippen LogP contribution in [0.2, 0.25) is 0 Å². The molecule has 0 saturated carbocycles. The van der Waals surface area contributed by atoms with Gasteiger partial charge >= 0.3 is 6.03 Å². The quantitative estimate of drug-likeness (QED) is 0.705. The van der Waals surface area contributed by atoms with E-state index in [9.17, 15) is 4.79 Å². The van der Waals surface area contributed by atoms with Gasteiger partial charge in [0.05, 0.1) is 6.04 Å². The smallest absolute Gasteiger partial charge is 0.319 e. The van der Waals surface area contributed by atoms with E-state index in [-0.39, 0.29) is 24.0 Å². The highest BCUT2D eigenvalue weighted by atomic mass is 35.5. The highest BCUT2D eigenvalue weighted by Gasteiger charge is 2.49. The summed E-state index contributed by atoms with van der Waals surface area (Å²) in [5, 5.41) is 1.27. The number of hydrogen-bond donors (Lipinski definition) is 0. The van der Waals surface area contributed by atoms with E-state index in [2.05, 4.69) is 23.1 Å². The number of amides is 2. The van der Waals surface area contributed by atoms with Gasteiger partial charge in [-0.1, -0.05) is 18.2 Å². The molecule has 6 heteroatoms. The number of carbonyl (C=O) groups is 1. The predicted molar refractivity (Wildman–Crippen MR) is 104 cm³/mol. The van der Waals surface area contributed by atoms with E-state index in [0.29, 0.717) is 6.04 Å². The molecule has 2 aromatic rings. The lowest BCUT2D eigenvalue weighted by Gasteiger charge is -2.54. The van der Waals surface area contributed by atoms with Crippen LogP contribution < -0.4 is 0 Å². The standard InChI is InChI=1S/C20H25N3O2.ClH/c1-21-11-8-20(22(2)19(21)24)9-12-23-10-7-15-14-5-3-4-6-17(14)25-18(15)16(23)13-20;/h3-6,16H,7-13H2,1-2H3;1H. The molecule has 1 aromatic heterocycles. The largest absolute Gasteiger partial charge is 0.459 e. The highest BCUT2D eigenvalue weighted by Crippen LogP contribution is 2.47. The van der Waals surface area contributed by atoms with Gasteiger partial charge < -0.3 is 14.2 Å². The van der Waals surface area contributed by atoms with Crippen LogP contribution in [0.25, 0.3) is 11.0 Å². The molecule has 26 heavy (non-hydrogen) atoms. The molecule has 1 aromatic carbocycles. The Balaban J connectivity index is 0.00000168. The average molecular weight is 376 g/mol. The molecule has 140 valence electrons. The molecular formula is C20H26ClN3O2. The molecular weight excluding hydrogens is 350 g/mol. The first-order chi connectivity index (χ1) is 12.1. The van der Waals surface area contributed by atoms with Crippen molar-refractivity contribution in [3.05, 3.63) is 35.6 Å². The van der Waals surface area contributed by atoms with E-state index in [1.165, 1.54) is 10.9 Å². The fourth-order valence-corrected chi connectivity index (χ4v) is 5.15. The molecule has 2 fully saturated rings. The SMILES string of the molecule is CN1CCC2(CCN3CCc4c(oc5ccccc45)C3C2)N(C)C1=O.Cl. The van der Waals surface area contributed by atoms with Gasteiger partial charge in [-0.2, -0.15) is 0 Å². The summed E-state index contributed by atoms with van der Waals surface area (Å²) in [5.41, 5.74) is 2.36. The van der Waals surface area contributed by atoms with E-state index in [4.69, 9.17) is 4.42 Å². The molecule has 0 radical (unpaired) electrons. The third-order valence-electron chi connectivity index (χ3n) is 6.80. The Morgan fingerprint density at radius 2 is 1.88 bits per heavy atom. The first kappa shape index (κ1) is 17.7. The molecule has 2 atom stereocenters. The topological polar surface area (TPSA) is 39.9 Å². The summed E-state index contributed by atoms with van der Waals surface area (Å²) in [6.07, 6.45) is 4.16. The van der Waals surface area contributed by atoms with Crippen molar-refractivity contribution in [2.24, 2.45) is 0 Å². The van der Waals surface area contributed by atoms with Crippen molar-refractivity contribution >= 4 is 29.4 Å². The molecule has 4 heterocycles. The van der Waals surface area contributed by atoms with Gasteiger partial charge in [-0.3, -0.25) is 4.90 Å². The highest BCUT2D eigenvalue weighted by molar-refractivity contribution is 5.85. The Hall–Kier alpha value is -1.72. The van der Waals surface area contributed by atoms with Gasteiger partial charge in [0, 0.05) is 50.2 Å². The zero-order valence-corrected chi connectivity index (χ0v) is 16.2. The second kappa shape index (κ2) is 6.17. The maximum atomic E-state index is 12.6. The Morgan fingerprint density at radius 1 is 1.12 bits per heavy atom. The molecule has 3 aliphatic rings. The maximum Gasteiger partial charge on any atom is 0.319 e. The Morgan fingerprint density at radius 3 is 2.73 bits per heavy atom. The zero-order valence-electron chi connectivity index (χ0n) is 15.4. The molecule has 2 saturated heterocycles. The number of hydrogen-bond acceptors (Lipinski definition) is 3. The summed E-state index contributed by atoms with van der Waals surface area (Å²) >= 11 is 0. The van der Waals surface area contributed by atoms with Crippen molar-refractivity contribution in [3.8, 4) is 0 Å². The number of para-hydroxylation sites is 1. The third kappa shape index (κ3) is 2.37. The number of furan rings is 1. The van der Waals surface area contributed by atoms with Gasteiger partial charge in [0.1, 0.15) is 11.3 Å². The van der Waals surface area contributed by atoms with Crippen molar-refractivity contribution in [3.63, 3.8) is 0 Å². The van der Waals surface area contributed by atoms with Gasteiger partial charge in [-0.05, 0) is 31.7 Å². The number of fused-ring (bicyclic) bond motifs is 5. The van der Waals surface area contributed by atoms with Crippen molar-refractivity contribution in [1.29, 1.82) is 0 Å². The van der Waals surface area contributed by atoms with Crippen LogP contribution in [0.4, 0.5) is 4.79 Å². The van der Waals surface area contributed by atoms with Crippen LogP contribution in [-0.2, 0) is 6.42 Å². The first-order valence-corrected chi connectivity index (χ1v) is 9.32. The lowest BCUT2D eigenvalue weighted by Crippen LogP contribution is -2.63. The van der Waals surface area contributed by atoms with E-state index >= 15 is 0 Å². The van der Waals surface area contributed by atoms with Crippen LogP contribution in [0.3, 0.4) is 0 Å². The van der Waals surface area contributed by atoms with E-state index in [1.807, 2.05) is 30.0 Å². The summed E-state index contributed by atoms with van der Waals surface area (Å²) < 4.78 is 6.32. The van der Waals surface area contributed by atoms with Gasteiger partial charge in [0.25, 0.3) is 0 Å². The lowest BCUT2D eigenvalue weighted by molar-refractivity contribution is -0.0185. The molecule has 3 aliphatic heterocycles. The first-order valence-electron chi connectivity index (χ1n) is 9.32. The summed E-state index contributed by atoms with van der Waals surface area (Å²) in [5.74, 6) is 1.14. The molecule has 0 aliphatic carbocycles. The number of urea groups is 1. The van der Waals surface area contributed by atoms with E-state index in [0.717, 1.165) is 56.7 Å². The molecule has 0 N–H and O–H groups in total. The molecule has 5 rings (SSSR count). The van der Waals surface area contributed by atoms with Crippen LogP contribution in [0, 0.1) is 0 Å². The second-order valence-corrected chi connectivity index (χ2v) is 7.93. The van der Waals surface area contributed by atoms with Crippen LogP contribution in [0.1, 0.15) is 36.6 Å². The third-order valence-corrected chi connectivity index (χ3v) is 6.80. The average Bonchev–Trinajstić information content (AvgIpc) is 3.03. The minimum atomic E-state index is -0.0294. The summed E-state index contributed by atoms with van der Waals surface area (Å²) in [6, 6.07) is 8.83. The fourth-order valence-electron chi connectivity index (χ4n) is 5.15. The fraction of sp³-hybridized carbons (Fsp3) is 0.550. The summed E-state index contributed by atoms with van der Waals surface area (Å²) in [6.45, 7) is 2.99. The van der Waals surface area contributed by atoms with E-state index < -0.39 is 0 Å². The van der Waals surface area contributed by atoms with Crippen molar-refractivity contribution < 1.29 is 9.21 Å². The minimum Gasteiger partial charge on any atom is -0.459 e. The van der Waals surface area contributed by atoms with Crippen LogP contribution in [0.5, 0.6) is 0 Å². The minimum absolute atomic E-state index is 0. The molecule has 0 bridgehead atoms. The molecule has 1 spiro atoms. The van der Waals surface area contributed by atoms with Crippen molar-refractivity contribution in [2.75, 3.05) is 33.7 Å². The van der Waals surface area contributed by atoms with Gasteiger partial charge in [0.2, 0.25) is 0 Å². The predicted octanol–water partition coefficient (Wildman–Crippen LogP) is 3.67. The number of piperidine rings is 1.